The zero-order chi connectivity index (χ0) is 26.7. The fraction of sp³-hybridized carbons (Fsp3) is 0.276. The van der Waals surface area contributed by atoms with Crippen LogP contribution in [0.5, 0.6) is 0 Å². The number of anilines is 1. The number of nitrogens with one attached hydrogen (secondary N) is 2. The molecule has 2 heterocycles. The number of benzene rings is 3. The third-order valence-corrected chi connectivity index (χ3v) is 8.52. The number of nitrogens with zero attached hydrogens (tertiary/aromatic N) is 3. The predicted molar refractivity (Wildman–Crippen MR) is 149 cm³/mol. The highest BCUT2D eigenvalue weighted by molar-refractivity contribution is 7.91. The molecule has 1 aromatic heterocycles. The molecule has 0 spiro atoms. The van der Waals surface area contributed by atoms with Crippen LogP contribution in [-0.4, -0.2) is 59.0 Å². The lowest BCUT2D eigenvalue weighted by molar-refractivity contribution is 0.102. The molecule has 2 N–H and O–H groups in total. The van der Waals surface area contributed by atoms with Gasteiger partial charge in [-0.2, -0.15) is 5.10 Å². The average Bonchev–Trinajstić information content (AvgIpc) is 3.36. The summed E-state index contributed by atoms with van der Waals surface area (Å²) < 4.78 is 23.3. The number of aromatic nitrogens is 3. The van der Waals surface area contributed by atoms with Crippen LogP contribution in [0.25, 0.3) is 11.4 Å². The smallest absolute Gasteiger partial charge is 0.255 e. The molecular weight excluding hydrogens is 498 g/mol. The Morgan fingerprint density at radius 2 is 1.71 bits per heavy atom. The lowest BCUT2D eigenvalue weighted by Gasteiger charge is -2.26. The number of amides is 1. The molecule has 3 aromatic carbocycles. The maximum absolute atomic E-state index is 12.9. The molecule has 0 aliphatic carbocycles. The van der Waals surface area contributed by atoms with Crippen LogP contribution >= 0.6 is 0 Å². The molecule has 4 aromatic rings. The SMILES string of the molecule is Cc1ccc(Cc2n[nH]c(-c3ccc(NC(=O)c4cccc(CN5CCS(=O)(=O)CC5)c4)cc3)n2)cc1C. The van der Waals surface area contributed by atoms with E-state index in [2.05, 4.69) is 57.4 Å². The van der Waals surface area contributed by atoms with Crippen molar-refractivity contribution in [1.29, 1.82) is 0 Å². The van der Waals surface area contributed by atoms with Crippen LogP contribution in [0.3, 0.4) is 0 Å². The lowest BCUT2D eigenvalue weighted by atomic mass is 10.0. The van der Waals surface area contributed by atoms with Gasteiger partial charge in [-0.15, -0.1) is 0 Å². The van der Waals surface area contributed by atoms with Gasteiger partial charge in [-0.1, -0.05) is 30.3 Å². The maximum atomic E-state index is 12.9. The minimum absolute atomic E-state index is 0.186. The second kappa shape index (κ2) is 10.9. The lowest BCUT2D eigenvalue weighted by Crippen LogP contribution is -2.39. The summed E-state index contributed by atoms with van der Waals surface area (Å²) in [5, 5.41) is 10.3. The van der Waals surface area contributed by atoms with Crippen molar-refractivity contribution in [3.63, 3.8) is 0 Å². The van der Waals surface area contributed by atoms with Crippen LogP contribution in [0.2, 0.25) is 0 Å². The highest BCUT2D eigenvalue weighted by atomic mass is 32.2. The minimum atomic E-state index is -2.91. The van der Waals surface area contributed by atoms with Gasteiger partial charge in [0.25, 0.3) is 5.91 Å². The highest BCUT2D eigenvalue weighted by Crippen LogP contribution is 2.20. The number of carbonyl (C=O) groups excluding carboxylic acids is 1. The Balaban J connectivity index is 1.19. The van der Waals surface area contributed by atoms with Gasteiger partial charge in [0.1, 0.15) is 0 Å². The average molecular weight is 530 g/mol. The van der Waals surface area contributed by atoms with Gasteiger partial charge in [0.15, 0.2) is 21.5 Å². The van der Waals surface area contributed by atoms with Crippen molar-refractivity contribution < 1.29 is 13.2 Å². The molecule has 38 heavy (non-hydrogen) atoms. The maximum Gasteiger partial charge on any atom is 0.255 e. The molecule has 9 heteroatoms. The Bertz CT molecular complexity index is 1550. The number of H-pyrrole nitrogens is 1. The number of hydrogen-bond donors (Lipinski definition) is 2. The van der Waals surface area contributed by atoms with Gasteiger partial charge >= 0.3 is 0 Å². The minimum Gasteiger partial charge on any atom is -0.322 e. The molecule has 5 rings (SSSR count). The molecule has 0 radical (unpaired) electrons. The largest absolute Gasteiger partial charge is 0.322 e. The Hall–Kier alpha value is -3.82. The summed E-state index contributed by atoms with van der Waals surface area (Å²) >= 11 is 0. The van der Waals surface area contributed by atoms with Crippen molar-refractivity contribution in [3.8, 4) is 11.4 Å². The normalized spacial score (nSPS) is 15.3. The van der Waals surface area contributed by atoms with E-state index in [1.807, 2.05) is 42.5 Å². The van der Waals surface area contributed by atoms with E-state index in [9.17, 15) is 13.2 Å². The summed E-state index contributed by atoms with van der Waals surface area (Å²) in [5.41, 5.74) is 6.79. The van der Waals surface area contributed by atoms with Crippen LogP contribution in [0.1, 0.15) is 38.4 Å². The van der Waals surface area contributed by atoms with Gasteiger partial charge in [0, 0.05) is 42.9 Å². The summed E-state index contributed by atoms with van der Waals surface area (Å²) in [7, 11) is -2.91. The number of sulfone groups is 1. The van der Waals surface area contributed by atoms with E-state index in [1.165, 1.54) is 16.7 Å². The van der Waals surface area contributed by atoms with Crippen molar-refractivity contribution in [2.45, 2.75) is 26.8 Å². The predicted octanol–water partition coefficient (Wildman–Crippen LogP) is 4.16. The van der Waals surface area contributed by atoms with Gasteiger partial charge < -0.3 is 5.32 Å². The molecular formula is C29H31N5O3S. The van der Waals surface area contributed by atoms with Crippen molar-refractivity contribution in [3.05, 3.63) is 100 Å². The molecule has 0 bridgehead atoms. The number of rotatable bonds is 7. The molecule has 196 valence electrons. The fourth-order valence-corrected chi connectivity index (χ4v) is 5.77. The molecule has 1 saturated heterocycles. The summed E-state index contributed by atoms with van der Waals surface area (Å²) in [6.07, 6.45) is 0.654. The van der Waals surface area contributed by atoms with E-state index < -0.39 is 9.84 Å². The first kappa shape index (κ1) is 25.8. The Morgan fingerprint density at radius 1 is 0.947 bits per heavy atom. The molecule has 1 aliphatic rings. The summed E-state index contributed by atoms with van der Waals surface area (Å²) in [6, 6.07) is 21.3. The molecule has 0 atom stereocenters. The monoisotopic (exact) mass is 529 g/mol. The standard InChI is InChI=1S/C29H31N5O3S/c1-20-6-7-22(16-21(20)2)18-27-31-28(33-32-27)24-8-10-26(11-9-24)30-29(35)25-5-3-4-23(17-25)19-34-12-14-38(36,37)15-13-34/h3-11,16-17H,12-15,18-19H2,1-2H3,(H,30,35)(H,31,32,33). The van der Waals surface area contributed by atoms with Gasteiger partial charge in [0.2, 0.25) is 0 Å². The number of aryl methyl sites for hydroxylation is 2. The molecule has 8 nitrogen and oxygen atoms in total. The van der Waals surface area contributed by atoms with Crippen molar-refractivity contribution >= 4 is 21.4 Å². The van der Waals surface area contributed by atoms with Gasteiger partial charge in [-0.3, -0.25) is 14.8 Å². The first-order valence-corrected chi connectivity index (χ1v) is 14.5. The van der Waals surface area contributed by atoms with Gasteiger partial charge in [-0.05, 0) is 72.5 Å². The Morgan fingerprint density at radius 3 is 2.45 bits per heavy atom. The Labute approximate surface area is 223 Å². The van der Waals surface area contributed by atoms with E-state index in [1.54, 1.807) is 6.07 Å². The molecule has 0 unspecified atom stereocenters. The molecule has 0 saturated carbocycles. The van der Waals surface area contributed by atoms with Crippen molar-refractivity contribution in [2.75, 3.05) is 29.9 Å². The fourth-order valence-electron chi connectivity index (χ4n) is 4.49. The van der Waals surface area contributed by atoms with Crippen LogP contribution < -0.4 is 5.32 Å². The van der Waals surface area contributed by atoms with E-state index in [0.29, 0.717) is 43.1 Å². The number of carbonyl (C=O) groups is 1. The summed E-state index contributed by atoms with van der Waals surface area (Å²) in [4.78, 5) is 19.6. The van der Waals surface area contributed by atoms with Crippen LogP contribution in [0.4, 0.5) is 5.69 Å². The molecule has 1 amide bonds. The quantitative estimate of drug-likeness (QED) is 0.372. The van der Waals surface area contributed by atoms with Crippen molar-refractivity contribution in [1.82, 2.24) is 20.1 Å². The van der Waals surface area contributed by atoms with Crippen molar-refractivity contribution in [2.24, 2.45) is 0 Å². The summed E-state index contributed by atoms with van der Waals surface area (Å²) in [6.45, 7) is 5.85. The van der Waals surface area contributed by atoms with Crippen LogP contribution in [0.15, 0.2) is 66.7 Å². The van der Waals surface area contributed by atoms with E-state index in [4.69, 9.17) is 0 Å². The van der Waals surface area contributed by atoms with E-state index in [0.717, 1.165) is 17.0 Å². The number of hydrogen-bond acceptors (Lipinski definition) is 6. The first-order valence-electron chi connectivity index (χ1n) is 12.6. The van der Waals surface area contributed by atoms with E-state index >= 15 is 0 Å². The topological polar surface area (TPSA) is 108 Å². The third-order valence-electron chi connectivity index (χ3n) is 6.91. The number of aromatic amines is 1. The second-order valence-corrected chi connectivity index (χ2v) is 12.2. The zero-order valence-corrected chi connectivity index (χ0v) is 22.4. The Kier molecular flexibility index (Phi) is 7.40. The molecule has 1 aliphatic heterocycles. The van der Waals surface area contributed by atoms with Crippen LogP contribution in [-0.2, 0) is 22.8 Å². The first-order chi connectivity index (χ1) is 18.2. The zero-order valence-electron chi connectivity index (χ0n) is 21.6. The second-order valence-electron chi connectivity index (χ2n) is 9.86. The third kappa shape index (κ3) is 6.35. The summed E-state index contributed by atoms with van der Waals surface area (Å²) in [5.74, 6) is 1.58. The van der Waals surface area contributed by atoms with Gasteiger partial charge in [-0.25, -0.2) is 13.4 Å². The molecule has 1 fully saturated rings. The van der Waals surface area contributed by atoms with Crippen LogP contribution in [0, 0.1) is 13.8 Å². The van der Waals surface area contributed by atoms with E-state index in [-0.39, 0.29) is 17.4 Å². The van der Waals surface area contributed by atoms with Gasteiger partial charge in [0.05, 0.1) is 11.5 Å². The highest BCUT2D eigenvalue weighted by Gasteiger charge is 2.21.